The molecular formula is C16H12BrF3N2O2. The van der Waals surface area contributed by atoms with E-state index in [0.717, 1.165) is 10.5 Å². The fraction of sp³-hybridized carbons (Fsp3) is 0.188. The van der Waals surface area contributed by atoms with Crippen LogP contribution in [0.15, 0.2) is 51.9 Å². The van der Waals surface area contributed by atoms with E-state index in [0.29, 0.717) is 5.56 Å². The van der Waals surface area contributed by atoms with E-state index < -0.39 is 18.0 Å². The first-order valence-corrected chi connectivity index (χ1v) is 7.69. The predicted molar refractivity (Wildman–Crippen MR) is 85.5 cm³/mol. The summed E-state index contributed by atoms with van der Waals surface area (Å²) in [5.74, 6) is -1.01. The minimum atomic E-state index is -3.03. The van der Waals surface area contributed by atoms with Crippen molar-refractivity contribution in [2.45, 2.75) is 12.2 Å². The monoisotopic (exact) mass is 400 g/mol. The molecule has 0 amide bonds. The average Bonchev–Trinajstić information content (AvgIpc) is 2.90. The number of aliphatic imine (C=N–C) groups is 1. The molecule has 2 aromatic rings. The van der Waals surface area contributed by atoms with Gasteiger partial charge in [0, 0.05) is 16.1 Å². The van der Waals surface area contributed by atoms with Crippen molar-refractivity contribution in [1.82, 2.24) is 0 Å². The molecule has 3 rings (SSSR count). The molecule has 2 N–H and O–H groups in total. The van der Waals surface area contributed by atoms with Gasteiger partial charge in [0.05, 0.1) is 0 Å². The Morgan fingerprint density at radius 1 is 1.25 bits per heavy atom. The zero-order chi connectivity index (χ0) is 17.3. The van der Waals surface area contributed by atoms with Gasteiger partial charge in [-0.05, 0) is 29.8 Å². The van der Waals surface area contributed by atoms with Crippen LogP contribution in [0, 0.1) is 5.82 Å². The van der Waals surface area contributed by atoms with Crippen LogP contribution in [0.25, 0.3) is 0 Å². The van der Waals surface area contributed by atoms with Crippen LogP contribution in [0.3, 0.4) is 0 Å². The topological polar surface area (TPSA) is 56.8 Å². The summed E-state index contributed by atoms with van der Waals surface area (Å²) >= 11 is 3.36. The molecule has 0 spiro atoms. The van der Waals surface area contributed by atoms with Crippen LogP contribution in [-0.4, -0.2) is 19.2 Å². The average molecular weight is 401 g/mol. The Labute approximate surface area is 144 Å². The standard InChI is InChI=1S/C16H12BrF3N2O2/c17-10-3-1-2-9(6-10)16(8-23-15(21)22-16)12-5-4-11(7-13(12)18)24-14(19)20/h1-7,14H,8H2,(H2,21,22)/t16-/m0/s1. The van der Waals surface area contributed by atoms with Crippen molar-refractivity contribution in [2.75, 3.05) is 6.61 Å². The maximum absolute atomic E-state index is 14.6. The van der Waals surface area contributed by atoms with E-state index in [1.54, 1.807) is 18.2 Å². The molecule has 0 unspecified atom stereocenters. The van der Waals surface area contributed by atoms with Crippen molar-refractivity contribution in [3.8, 4) is 5.75 Å². The third kappa shape index (κ3) is 3.06. The lowest BCUT2D eigenvalue weighted by Crippen LogP contribution is -2.28. The highest BCUT2D eigenvalue weighted by atomic mass is 79.9. The van der Waals surface area contributed by atoms with Gasteiger partial charge in [0.1, 0.15) is 18.2 Å². The summed E-state index contributed by atoms with van der Waals surface area (Å²) in [6.45, 7) is -3.03. The lowest BCUT2D eigenvalue weighted by Gasteiger charge is -2.26. The first kappa shape index (κ1) is 16.6. The van der Waals surface area contributed by atoms with E-state index in [2.05, 4.69) is 25.7 Å². The normalized spacial score (nSPS) is 20.0. The van der Waals surface area contributed by atoms with Crippen LogP contribution >= 0.6 is 15.9 Å². The van der Waals surface area contributed by atoms with Crippen LogP contribution in [0.1, 0.15) is 11.1 Å². The lowest BCUT2D eigenvalue weighted by molar-refractivity contribution is -0.0500. The second-order valence-electron chi connectivity index (χ2n) is 5.13. The van der Waals surface area contributed by atoms with E-state index in [1.807, 2.05) is 6.07 Å². The molecule has 0 aromatic heterocycles. The molecule has 0 radical (unpaired) electrons. The SMILES string of the molecule is NC1=N[C@@](c2cccc(Br)c2)(c2ccc(OC(F)F)cc2F)CO1. The molecule has 0 fully saturated rings. The second kappa shape index (κ2) is 6.35. The number of halogens is 4. The van der Waals surface area contributed by atoms with Gasteiger partial charge in [-0.15, -0.1) is 0 Å². The lowest BCUT2D eigenvalue weighted by atomic mass is 9.84. The van der Waals surface area contributed by atoms with Crippen LogP contribution in [0.5, 0.6) is 5.75 Å². The third-order valence-electron chi connectivity index (χ3n) is 3.64. The Bertz CT molecular complexity index is 801. The minimum absolute atomic E-state index is 0.00125. The van der Waals surface area contributed by atoms with Gasteiger partial charge in [-0.1, -0.05) is 28.1 Å². The summed E-state index contributed by atoms with van der Waals surface area (Å²) in [5, 5.41) is 0. The fourth-order valence-corrected chi connectivity index (χ4v) is 3.02. The molecule has 2 aromatic carbocycles. The molecule has 0 saturated carbocycles. The summed E-state index contributed by atoms with van der Waals surface area (Å²) in [7, 11) is 0. The molecule has 0 aliphatic carbocycles. The molecule has 126 valence electrons. The molecular weight excluding hydrogens is 389 g/mol. The molecule has 1 aliphatic heterocycles. The van der Waals surface area contributed by atoms with Gasteiger partial charge in [0.25, 0.3) is 6.02 Å². The number of rotatable bonds is 4. The number of alkyl halides is 2. The fourth-order valence-electron chi connectivity index (χ4n) is 2.63. The highest BCUT2D eigenvalue weighted by Crippen LogP contribution is 2.40. The van der Waals surface area contributed by atoms with Crippen molar-refractivity contribution < 1.29 is 22.6 Å². The maximum atomic E-state index is 14.6. The number of amidine groups is 1. The van der Waals surface area contributed by atoms with Crippen LogP contribution in [0.2, 0.25) is 0 Å². The molecule has 4 nitrogen and oxygen atoms in total. The zero-order valence-electron chi connectivity index (χ0n) is 12.2. The summed E-state index contributed by atoms with van der Waals surface area (Å²) in [6.07, 6.45) is 0. The number of benzene rings is 2. The number of nitrogens with zero attached hydrogens (tertiary/aromatic N) is 1. The Kier molecular flexibility index (Phi) is 4.40. The highest BCUT2D eigenvalue weighted by Gasteiger charge is 2.42. The van der Waals surface area contributed by atoms with Gasteiger partial charge in [-0.2, -0.15) is 8.78 Å². The summed E-state index contributed by atoms with van der Waals surface area (Å²) in [6, 6.07) is 10.6. The van der Waals surface area contributed by atoms with Crippen molar-refractivity contribution >= 4 is 22.0 Å². The number of hydrogen-bond acceptors (Lipinski definition) is 4. The van der Waals surface area contributed by atoms with Gasteiger partial charge in [-0.3, -0.25) is 0 Å². The summed E-state index contributed by atoms with van der Waals surface area (Å²) in [4.78, 5) is 4.28. The molecule has 24 heavy (non-hydrogen) atoms. The maximum Gasteiger partial charge on any atom is 0.387 e. The number of hydrogen-bond donors (Lipinski definition) is 1. The third-order valence-corrected chi connectivity index (χ3v) is 4.14. The largest absolute Gasteiger partial charge is 0.462 e. The summed E-state index contributed by atoms with van der Waals surface area (Å²) in [5.41, 5.74) is 5.25. The second-order valence-corrected chi connectivity index (χ2v) is 6.05. The first-order chi connectivity index (χ1) is 11.4. The van der Waals surface area contributed by atoms with Crippen molar-refractivity contribution in [2.24, 2.45) is 10.7 Å². The van der Waals surface area contributed by atoms with Crippen molar-refractivity contribution in [1.29, 1.82) is 0 Å². The molecule has 1 aliphatic rings. The van der Waals surface area contributed by atoms with E-state index >= 15 is 0 Å². The van der Waals surface area contributed by atoms with Gasteiger partial charge in [0.2, 0.25) is 0 Å². The Balaban J connectivity index is 2.11. The Morgan fingerprint density at radius 2 is 2.04 bits per heavy atom. The zero-order valence-corrected chi connectivity index (χ0v) is 13.8. The van der Waals surface area contributed by atoms with E-state index in [1.165, 1.54) is 12.1 Å². The Morgan fingerprint density at radius 3 is 2.62 bits per heavy atom. The van der Waals surface area contributed by atoms with Crippen LogP contribution < -0.4 is 10.5 Å². The van der Waals surface area contributed by atoms with E-state index in [4.69, 9.17) is 10.5 Å². The van der Waals surface area contributed by atoms with Crippen molar-refractivity contribution in [3.63, 3.8) is 0 Å². The first-order valence-electron chi connectivity index (χ1n) is 6.90. The van der Waals surface area contributed by atoms with Crippen molar-refractivity contribution in [3.05, 3.63) is 63.9 Å². The van der Waals surface area contributed by atoms with Gasteiger partial charge >= 0.3 is 6.61 Å². The molecule has 0 saturated heterocycles. The number of ether oxygens (including phenoxy) is 2. The summed E-state index contributed by atoms with van der Waals surface area (Å²) < 4.78 is 49.4. The van der Waals surface area contributed by atoms with Gasteiger partial charge < -0.3 is 15.2 Å². The molecule has 0 bridgehead atoms. The van der Waals surface area contributed by atoms with Gasteiger partial charge in [0.15, 0.2) is 5.54 Å². The number of nitrogens with two attached hydrogens (primary N) is 1. The van der Waals surface area contributed by atoms with Crippen LogP contribution in [-0.2, 0) is 10.3 Å². The smallest absolute Gasteiger partial charge is 0.387 e. The highest BCUT2D eigenvalue weighted by molar-refractivity contribution is 9.10. The Hall–Kier alpha value is -2.22. The molecule has 1 heterocycles. The van der Waals surface area contributed by atoms with Crippen LogP contribution in [0.4, 0.5) is 13.2 Å². The van der Waals surface area contributed by atoms with Gasteiger partial charge in [-0.25, -0.2) is 9.38 Å². The van der Waals surface area contributed by atoms with E-state index in [-0.39, 0.29) is 23.9 Å². The quantitative estimate of drug-likeness (QED) is 0.849. The minimum Gasteiger partial charge on any atom is -0.462 e. The molecule has 1 atom stereocenters. The molecule has 8 heteroatoms. The predicted octanol–water partition coefficient (Wildman–Crippen LogP) is 3.78. The van der Waals surface area contributed by atoms with E-state index in [9.17, 15) is 13.2 Å².